The van der Waals surface area contributed by atoms with Crippen molar-refractivity contribution in [2.24, 2.45) is 0 Å². The first-order chi connectivity index (χ1) is 13.9. The fourth-order valence-electron chi connectivity index (χ4n) is 2.65. The number of hydrogen-bond donors (Lipinski definition) is 1. The van der Waals surface area contributed by atoms with Crippen LogP contribution in [0.15, 0.2) is 47.4 Å². The van der Waals surface area contributed by atoms with Gasteiger partial charge in [-0.1, -0.05) is 41.9 Å². The molecule has 0 atom stereocenters. The van der Waals surface area contributed by atoms with Crippen molar-refractivity contribution in [1.29, 1.82) is 0 Å². The number of rotatable bonds is 7. The molecule has 0 saturated carbocycles. The molecule has 150 valence electrons. The summed E-state index contributed by atoms with van der Waals surface area (Å²) in [6.07, 6.45) is 1.53. The first-order valence-electron chi connectivity index (χ1n) is 8.40. The topological polar surface area (TPSA) is 93.1 Å². The van der Waals surface area contributed by atoms with Crippen LogP contribution >= 0.6 is 23.4 Å². The normalized spacial score (nSPS) is 15.1. The number of carboxylic acids is 1. The third-order valence-corrected chi connectivity index (χ3v) is 5.13. The van der Waals surface area contributed by atoms with Crippen molar-refractivity contribution in [3.05, 3.63) is 63.5 Å². The molecule has 0 aliphatic carbocycles. The molecule has 1 N–H and O–H groups in total. The Balaban J connectivity index is 1.84. The van der Waals surface area contributed by atoms with Gasteiger partial charge in [-0.3, -0.25) is 14.5 Å². The number of imide groups is 1. The molecule has 0 radical (unpaired) electrons. The average molecular weight is 434 g/mol. The zero-order valence-corrected chi connectivity index (χ0v) is 16.8. The van der Waals surface area contributed by atoms with E-state index >= 15 is 0 Å². The summed E-state index contributed by atoms with van der Waals surface area (Å²) >= 11 is 7.03. The van der Waals surface area contributed by atoms with Crippen molar-refractivity contribution < 1.29 is 29.0 Å². The number of thioether (sulfide) groups is 1. The second kappa shape index (κ2) is 9.02. The first kappa shape index (κ1) is 20.8. The molecule has 9 heteroatoms. The average Bonchev–Trinajstić information content (AvgIpc) is 2.94. The molecule has 0 spiro atoms. The molecule has 3 rings (SSSR count). The van der Waals surface area contributed by atoms with Gasteiger partial charge in [-0.2, -0.15) is 0 Å². The molecule has 2 aromatic rings. The van der Waals surface area contributed by atoms with Crippen LogP contribution in [0.1, 0.15) is 11.1 Å². The van der Waals surface area contributed by atoms with Crippen LogP contribution in [-0.4, -0.2) is 40.8 Å². The molecule has 1 saturated heterocycles. The van der Waals surface area contributed by atoms with Crippen LogP contribution in [0.4, 0.5) is 4.79 Å². The summed E-state index contributed by atoms with van der Waals surface area (Å²) < 4.78 is 10.4. The molecule has 2 aromatic carbocycles. The maximum Gasteiger partial charge on any atom is 0.341 e. The predicted molar refractivity (Wildman–Crippen MR) is 109 cm³/mol. The monoisotopic (exact) mass is 433 g/mol. The highest BCUT2D eigenvalue weighted by atomic mass is 35.5. The van der Waals surface area contributed by atoms with Crippen LogP contribution in [0.5, 0.6) is 11.5 Å². The van der Waals surface area contributed by atoms with Crippen LogP contribution in [0.25, 0.3) is 6.08 Å². The summed E-state index contributed by atoms with van der Waals surface area (Å²) in [5.41, 5.74) is 1.36. The number of carbonyl (C=O) groups excluding carboxylic acids is 2. The Kier molecular flexibility index (Phi) is 6.46. The summed E-state index contributed by atoms with van der Waals surface area (Å²) in [4.78, 5) is 37.1. The van der Waals surface area contributed by atoms with Crippen molar-refractivity contribution in [3.8, 4) is 11.5 Å². The third-order valence-electron chi connectivity index (χ3n) is 3.95. The molecule has 0 aromatic heterocycles. The summed E-state index contributed by atoms with van der Waals surface area (Å²) in [7, 11) is 1.39. The van der Waals surface area contributed by atoms with Gasteiger partial charge < -0.3 is 14.6 Å². The van der Waals surface area contributed by atoms with Crippen molar-refractivity contribution in [1.82, 2.24) is 4.90 Å². The largest absolute Gasteiger partial charge is 0.493 e. The quantitative estimate of drug-likeness (QED) is 0.658. The zero-order valence-electron chi connectivity index (χ0n) is 15.3. The molecule has 0 unspecified atom stereocenters. The predicted octanol–water partition coefficient (Wildman–Crippen LogP) is 4.05. The lowest BCUT2D eigenvalue weighted by Gasteiger charge is -2.13. The number of nitrogens with zero attached hydrogens (tertiary/aromatic N) is 1. The Bertz CT molecular complexity index is 992. The van der Waals surface area contributed by atoms with Gasteiger partial charge in [0.25, 0.3) is 11.1 Å². The van der Waals surface area contributed by atoms with Crippen molar-refractivity contribution >= 4 is 46.6 Å². The minimum atomic E-state index is -1.15. The zero-order chi connectivity index (χ0) is 21.0. The van der Waals surface area contributed by atoms with E-state index in [9.17, 15) is 14.4 Å². The highest BCUT2D eigenvalue weighted by molar-refractivity contribution is 8.18. The number of aliphatic carboxylic acids is 1. The Morgan fingerprint density at radius 2 is 1.97 bits per heavy atom. The molecule has 0 bridgehead atoms. The fraction of sp³-hybridized carbons (Fsp3) is 0.150. The second-order valence-corrected chi connectivity index (χ2v) is 7.37. The van der Waals surface area contributed by atoms with Gasteiger partial charge in [0.1, 0.15) is 0 Å². The number of hydrogen-bond acceptors (Lipinski definition) is 6. The molecule has 29 heavy (non-hydrogen) atoms. The molecular weight excluding hydrogens is 418 g/mol. The van der Waals surface area contributed by atoms with Crippen molar-refractivity contribution in [2.45, 2.75) is 6.54 Å². The van der Waals surface area contributed by atoms with Crippen molar-refractivity contribution in [2.75, 3.05) is 13.7 Å². The molecular formula is C20H16ClNO6S. The van der Waals surface area contributed by atoms with Crippen LogP contribution in [-0.2, 0) is 16.1 Å². The van der Waals surface area contributed by atoms with Crippen molar-refractivity contribution in [3.63, 3.8) is 0 Å². The van der Waals surface area contributed by atoms with E-state index in [-0.39, 0.29) is 33.2 Å². The summed E-state index contributed by atoms with van der Waals surface area (Å²) in [5, 5.41) is 8.53. The number of halogens is 1. The Morgan fingerprint density at radius 3 is 2.62 bits per heavy atom. The van der Waals surface area contributed by atoms with Gasteiger partial charge in [-0.05, 0) is 41.1 Å². The SMILES string of the molecule is COc1cc(/C=C2\SC(=O)N(Cc3ccccc3)C2=O)cc(Cl)c1OCC(=O)O. The summed E-state index contributed by atoms with van der Waals surface area (Å²) in [5.74, 6) is -1.25. The summed E-state index contributed by atoms with van der Waals surface area (Å²) in [6, 6.07) is 12.3. The molecule has 1 aliphatic rings. The third kappa shape index (κ3) is 4.90. The van der Waals surface area contributed by atoms with E-state index in [0.717, 1.165) is 17.3 Å². The van der Waals surface area contributed by atoms with Crippen LogP contribution in [0.3, 0.4) is 0 Å². The minimum absolute atomic E-state index is 0.0888. The van der Waals surface area contributed by atoms with Gasteiger partial charge in [0.2, 0.25) is 0 Å². The van der Waals surface area contributed by atoms with E-state index in [1.807, 2.05) is 30.3 Å². The number of methoxy groups -OCH3 is 1. The van der Waals surface area contributed by atoms with Gasteiger partial charge in [-0.15, -0.1) is 0 Å². The van der Waals surface area contributed by atoms with Crippen LogP contribution in [0, 0.1) is 0 Å². The number of amides is 2. The highest BCUT2D eigenvalue weighted by Crippen LogP contribution is 2.39. The number of carbonyl (C=O) groups is 3. The van der Waals surface area contributed by atoms with E-state index in [4.69, 9.17) is 26.2 Å². The lowest BCUT2D eigenvalue weighted by molar-refractivity contribution is -0.139. The van der Waals surface area contributed by atoms with E-state index in [1.165, 1.54) is 24.2 Å². The molecule has 1 heterocycles. The lowest BCUT2D eigenvalue weighted by atomic mass is 10.1. The standard InChI is InChI=1S/C20H16ClNO6S/c1-27-15-8-13(7-14(21)18(15)28-11-17(23)24)9-16-19(25)22(20(26)29-16)10-12-5-3-2-4-6-12/h2-9H,10-11H2,1H3,(H,23,24)/b16-9-. The molecule has 1 fully saturated rings. The highest BCUT2D eigenvalue weighted by Gasteiger charge is 2.35. The number of ether oxygens (including phenoxy) is 2. The van der Waals surface area contributed by atoms with E-state index in [2.05, 4.69) is 0 Å². The van der Waals surface area contributed by atoms with Gasteiger partial charge in [-0.25, -0.2) is 4.79 Å². The van der Waals surface area contributed by atoms with E-state index < -0.39 is 18.5 Å². The van der Waals surface area contributed by atoms with Crippen LogP contribution in [0.2, 0.25) is 5.02 Å². The first-order valence-corrected chi connectivity index (χ1v) is 9.60. The molecule has 2 amide bonds. The van der Waals surface area contributed by atoms with Gasteiger partial charge in [0.15, 0.2) is 18.1 Å². The maximum atomic E-state index is 12.7. The Labute approximate surface area is 175 Å². The number of carboxylic acid groups (broad SMARTS) is 1. The minimum Gasteiger partial charge on any atom is -0.493 e. The van der Waals surface area contributed by atoms with Gasteiger partial charge in [0, 0.05) is 0 Å². The summed E-state index contributed by atoms with van der Waals surface area (Å²) in [6.45, 7) is -0.386. The second-order valence-electron chi connectivity index (χ2n) is 5.97. The smallest absolute Gasteiger partial charge is 0.341 e. The Morgan fingerprint density at radius 1 is 1.24 bits per heavy atom. The van der Waals surface area contributed by atoms with Crippen LogP contribution < -0.4 is 9.47 Å². The Hall–Kier alpha value is -2.97. The fourth-order valence-corrected chi connectivity index (χ4v) is 3.76. The molecule has 7 nitrogen and oxygen atoms in total. The van der Waals surface area contributed by atoms with Gasteiger partial charge in [0.05, 0.1) is 23.6 Å². The van der Waals surface area contributed by atoms with E-state index in [0.29, 0.717) is 5.56 Å². The maximum absolute atomic E-state index is 12.7. The lowest BCUT2D eigenvalue weighted by Crippen LogP contribution is -2.27. The molecule has 1 aliphatic heterocycles. The number of benzene rings is 2. The van der Waals surface area contributed by atoms with E-state index in [1.54, 1.807) is 6.07 Å². The van der Waals surface area contributed by atoms with Gasteiger partial charge >= 0.3 is 5.97 Å².